The number of nitrogens with one attached hydrogen (secondary N) is 2. The van der Waals surface area contributed by atoms with Gasteiger partial charge < -0.3 is 5.32 Å². The number of fused-ring (bicyclic) bond motifs is 1. The van der Waals surface area contributed by atoms with Crippen molar-refractivity contribution in [3.8, 4) is 0 Å². The lowest BCUT2D eigenvalue weighted by atomic mass is 10.2. The summed E-state index contributed by atoms with van der Waals surface area (Å²) in [5.74, 6) is -0.861. The van der Waals surface area contributed by atoms with Crippen LogP contribution in [0.2, 0.25) is 10.0 Å². The summed E-state index contributed by atoms with van der Waals surface area (Å²) in [4.78, 5) is 24.4. The number of thiophene rings is 1. The molecular formula is C18H13Cl2N3O2S. The average molecular weight is 406 g/mol. The van der Waals surface area contributed by atoms with Crippen molar-refractivity contribution < 1.29 is 9.59 Å². The van der Waals surface area contributed by atoms with E-state index < -0.39 is 11.8 Å². The minimum absolute atomic E-state index is 0.219. The van der Waals surface area contributed by atoms with Crippen molar-refractivity contribution in [2.24, 2.45) is 5.10 Å². The Kier molecular flexibility index (Phi) is 5.88. The Balaban J connectivity index is 1.56. The van der Waals surface area contributed by atoms with Gasteiger partial charge in [0.1, 0.15) is 4.88 Å². The zero-order valence-corrected chi connectivity index (χ0v) is 15.7. The van der Waals surface area contributed by atoms with E-state index in [1.54, 1.807) is 18.2 Å². The molecule has 0 spiro atoms. The molecule has 3 aromatic rings. The Bertz CT molecular complexity index is 1000. The van der Waals surface area contributed by atoms with Gasteiger partial charge in [-0.1, -0.05) is 59.6 Å². The molecule has 2 N–H and O–H groups in total. The van der Waals surface area contributed by atoms with Gasteiger partial charge in [-0.2, -0.15) is 5.10 Å². The number of hydrogen-bond donors (Lipinski definition) is 2. The van der Waals surface area contributed by atoms with Crippen LogP contribution < -0.4 is 10.7 Å². The van der Waals surface area contributed by atoms with E-state index in [1.165, 1.54) is 17.6 Å². The Hall–Kier alpha value is -2.41. The van der Waals surface area contributed by atoms with Crippen LogP contribution >= 0.6 is 34.5 Å². The Morgan fingerprint density at radius 3 is 2.58 bits per heavy atom. The number of hydrogen-bond acceptors (Lipinski definition) is 4. The minimum atomic E-state index is -0.459. The molecule has 132 valence electrons. The number of amides is 2. The number of carbonyl (C=O) groups is 2. The van der Waals surface area contributed by atoms with Gasteiger partial charge in [0, 0.05) is 20.7 Å². The van der Waals surface area contributed by atoms with Crippen LogP contribution in [0.25, 0.3) is 10.1 Å². The van der Waals surface area contributed by atoms with Crippen LogP contribution in [0.1, 0.15) is 15.2 Å². The molecule has 0 fully saturated rings. The van der Waals surface area contributed by atoms with Gasteiger partial charge in [0.25, 0.3) is 11.8 Å². The van der Waals surface area contributed by atoms with E-state index in [4.69, 9.17) is 23.2 Å². The van der Waals surface area contributed by atoms with E-state index in [0.29, 0.717) is 20.5 Å². The van der Waals surface area contributed by atoms with Crippen molar-refractivity contribution in [3.05, 3.63) is 69.0 Å². The smallest absolute Gasteiger partial charge is 0.263 e. The second kappa shape index (κ2) is 8.31. The topological polar surface area (TPSA) is 70.6 Å². The number of halogens is 2. The maximum atomic E-state index is 12.3. The summed E-state index contributed by atoms with van der Waals surface area (Å²) >= 11 is 13.5. The second-order valence-corrected chi connectivity index (χ2v) is 7.08. The highest BCUT2D eigenvalue weighted by molar-refractivity contribution is 7.21. The summed E-state index contributed by atoms with van der Waals surface area (Å²) in [6, 6.07) is 14.6. The number of hydrazone groups is 1. The van der Waals surface area contributed by atoms with Gasteiger partial charge in [0.15, 0.2) is 0 Å². The SMILES string of the molecule is O=C(CNC(=O)c1sc2ccccc2c1Cl)N/N=C/c1ccccc1Cl. The van der Waals surface area contributed by atoms with Crippen LogP contribution in [0.3, 0.4) is 0 Å². The largest absolute Gasteiger partial charge is 0.342 e. The lowest BCUT2D eigenvalue weighted by Gasteiger charge is -2.03. The van der Waals surface area contributed by atoms with Crippen molar-refractivity contribution in [1.29, 1.82) is 0 Å². The lowest BCUT2D eigenvalue weighted by molar-refractivity contribution is -0.120. The predicted molar refractivity (Wildman–Crippen MR) is 106 cm³/mol. The summed E-state index contributed by atoms with van der Waals surface area (Å²) in [5.41, 5.74) is 3.01. The zero-order chi connectivity index (χ0) is 18.5. The summed E-state index contributed by atoms with van der Waals surface area (Å²) < 4.78 is 0.913. The third kappa shape index (κ3) is 4.22. The van der Waals surface area contributed by atoms with Crippen LogP contribution in [0.5, 0.6) is 0 Å². The molecule has 0 aliphatic carbocycles. The van der Waals surface area contributed by atoms with Gasteiger partial charge in [-0.15, -0.1) is 11.3 Å². The Morgan fingerprint density at radius 2 is 1.81 bits per heavy atom. The summed E-state index contributed by atoms with van der Waals surface area (Å²) in [6.45, 7) is -0.219. The molecule has 0 radical (unpaired) electrons. The number of nitrogens with zero attached hydrogens (tertiary/aromatic N) is 1. The van der Waals surface area contributed by atoms with Crippen molar-refractivity contribution in [3.63, 3.8) is 0 Å². The normalized spacial score (nSPS) is 11.0. The van der Waals surface area contributed by atoms with E-state index in [1.807, 2.05) is 30.3 Å². The van der Waals surface area contributed by atoms with Gasteiger partial charge in [-0.25, -0.2) is 5.43 Å². The van der Waals surface area contributed by atoms with Gasteiger partial charge in [0.2, 0.25) is 0 Å². The highest BCUT2D eigenvalue weighted by Gasteiger charge is 2.17. The van der Waals surface area contributed by atoms with E-state index in [9.17, 15) is 9.59 Å². The standard InChI is InChI=1S/C18H13Cl2N3O2S/c19-13-7-3-1-5-11(13)9-22-23-15(24)10-21-18(25)17-16(20)12-6-2-4-8-14(12)26-17/h1-9H,10H2,(H,21,25)(H,23,24)/b22-9+. The van der Waals surface area contributed by atoms with E-state index in [2.05, 4.69) is 15.8 Å². The zero-order valence-electron chi connectivity index (χ0n) is 13.3. The molecule has 2 aromatic carbocycles. The highest BCUT2D eigenvalue weighted by atomic mass is 35.5. The van der Waals surface area contributed by atoms with E-state index >= 15 is 0 Å². The van der Waals surface area contributed by atoms with Gasteiger partial charge in [-0.05, 0) is 12.1 Å². The molecule has 0 unspecified atom stereocenters. The highest BCUT2D eigenvalue weighted by Crippen LogP contribution is 2.34. The van der Waals surface area contributed by atoms with Crippen LogP contribution in [0, 0.1) is 0 Å². The first-order chi connectivity index (χ1) is 12.6. The minimum Gasteiger partial charge on any atom is -0.342 e. The fraction of sp³-hybridized carbons (Fsp3) is 0.0556. The Morgan fingerprint density at radius 1 is 1.08 bits per heavy atom. The quantitative estimate of drug-likeness (QED) is 0.495. The fourth-order valence-corrected chi connectivity index (χ4v) is 3.81. The van der Waals surface area contributed by atoms with Crippen LogP contribution in [0.15, 0.2) is 53.6 Å². The van der Waals surface area contributed by atoms with Crippen molar-refractivity contribution in [2.45, 2.75) is 0 Å². The molecule has 0 aliphatic heterocycles. The molecule has 8 heteroatoms. The van der Waals surface area contributed by atoms with E-state index in [-0.39, 0.29) is 6.54 Å². The van der Waals surface area contributed by atoms with Gasteiger partial charge in [-0.3, -0.25) is 9.59 Å². The van der Waals surface area contributed by atoms with Gasteiger partial charge in [0.05, 0.1) is 17.8 Å². The van der Waals surface area contributed by atoms with Crippen LogP contribution in [-0.2, 0) is 4.79 Å². The molecule has 26 heavy (non-hydrogen) atoms. The monoisotopic (exact) mass is 405 g/mol. The first-order valence-corrected chi connectivity index (χ1v) is 9.15. The molecule has 0 bridgehead atoms. The van der Waals surface area contributed by atoms with Crippen molar-refractivity contribution in [2.75, 3.05) is 6.54 Å². The third-order valence-corrected chi connectivity index (χ3v) is 5.47. The summed E-state index contributed by atoms with van der Waals surface area (Å²) in [6.07, 6.45) is 1.44. The maximum absolute atomic E-state index is 12.3. The lowest BCUT2D eigenvalue weighted by Crippen LogP contribution is -2.34. The maximum Gasteiger partial charge on any atom is 0.263 e. The first-order valence-electron chi connectivity index (χ1n) is 7.58. The van der Waals surface area contributed by atoms with E-state index in [0.717, 1.165) is 10.1 Å². The molecule has 1 heterocycles. The Labute approximate surface area is 163 Å². The fourth-order valence-electron chi connectivity index (χ4n) is 2.19. The third-order valence-electron chi connectivity index (χ3n) is 3.45. The number of benzene rings is 2. The molecule has 0 aliphatic rings. The number of rotatable bonds is 5. The molecule has 5 nitrogen and oxygen atoms in total. The van der Waals surface area contributed by atoms with Crippen molar-refractivity contribution >= 4 is 62.7 Å². The van der Waals surface area contributed by atoms with Gasteiger partial charge >= 0.3 is 0 Å². The summed E-state index contributed by atoms with van der Waals surface area (Å²) in [5, 5.41) is 8.09. The van der Waals surface area contributed by atoms with Crippen molar-refractivity contribution in [1.82, 2.24) is 10.7 Å². The van der Waals surface area contributed by atoms with Crippen LogP contribution in [0.4, 0.5) is 0 Å². The predicted octanol–water partition coefficient (Wildman–Crippen LogP) is 4.09. The molecule has 0 saturated heterocycles. The molecule has 1 aromatic heterocycles. The average Bonchev–Trinajstić information content (AvgIpc) is 2.98. The molecule has 3 rings (SSSR count). The first kappa shape index (κ1) is 18.4. The number of carbonyl (C=O) groups excluding carboxylic acids is 2. The second-order valence-electron chi connectivity index (χ2n) is 5.24. The molecule has 2 amide bonds. The molecule has 0 saturated carbocycles. The summed E-state index contributed by atoms with van der Waals surface area (Å²) in [7, 11) is 0. The van der Waals surface area contributed by atoms with Crippen LogP contribution in [-0.4, -0.2) is 24.6 Å². The molecule has 0 atom stereocenters. The molecular weight excluding hydrogens is 393 g/mol.